The summed E-state index contributed by atoms with van der Waals surface area (Å²) in [5.74, 6) is 0.181. The molecule has 1 aliphatic heterocycles. The Kier molecular flexibility index (Phi) is 5.89. The van der Waals surface area contributed by atoms with E-state index in [2.05, 4.69) is 15.5 Å². The van der Waals surface area contributed by atoms with Gasteiger partial charge in [-0.15, -0.1) is 16.9 Å². The lowest BCUT2D eigenvalue weighted by Crippen LogP contribution is -2.28. The number of carbonyl (C=O) groups is 3. The van der Waals surface area contributed by atoms with E-state index < -0.39 is 5.91 Å². The van der Waals surface area contributed by atoms with E-state index >= 15 is 0 Å². The van der Waals surface area contributed by atoms with Crippen LogP contribution < -0.4 is 10.2 Å². The van der Waals surface area contributed by atoms with Gasteiger partial charge in [-0.05, 0) is 30.3 Å². The standard InChI is InChI=1S/C21H18N4O4S/c26-18-9-10-19(27)25(18)15-6-4-5-14(13-15)20(28)22-21-24-23-17(29-21)11-12-30-16-7-2-1-3-8-16/h1-8,13H,9-12H2,(H,22,24,28). The van der Waals surface area contributed by atoms with E-state index in [1.54, 1.807) is 30.0 Å². The summed E-state index contributed by atoms with van der Waals surface area (Å²) in [7, 11) is 0. The molecule has 1 fully saturated rings. The van der Waals surface area contributed by atoms with Crippen LogP contribution in [0.15, 0.2) is 63.9 Å². The molecule has 152 valence electrons. The number of benzene rings is 2. The molecule has 0 aliphatic carbocycles. The zero-order valence-electron chi connectivity index (χ0n) is 15.9. The minimum Gasteiger partial charge on any atom is -0.408 e. The molecule has 4 rings (SSSR count). The van der Waals surface area contributed by atoms with E-state index in [1.165, 1.54) is 6.07 Å². The van der Waals surface area contributed by atoms with Crippen molar-refractivity contribution in [2.75, 3.05) is 16.0 Å². The molecule has 1 N–H and O–H groups in total. The van der Waals surface area contributed by atoms with Crippen molar-refractivity contribution in [3.8, 4) is 0 Å². The largest absolute Gasteiger partial charge is 0.408 e. The van der Waals surface area contributed by atoms with Crippen molar-refractivity contribution < 1.29 is 18.8 Å². The molecule has 2 heterocycles. The number of aromatic nitrogens is 2. The molecule has 1 aromatic heterocycles. The number of hydrogen-bond acceptors (Lipinski definition) is 7. The fourth-order valence-electron chi connectivity index (χ4n) is 3.00. The van der Waals surface area contributed by atoms with Crippen LogP contribution in [0.3, 0.4) is 0 Å². The summed E-state index contributed by atoms with van der Waals surface area (Å²) in [4.78, 5) is 38.6. The molecule has 0 spiro atoms. The van der Waals surface area contributed by atoms with E-state index in [-0.39, 0.29) is 36.2 Å². The topological polar surface area (TPSA) is 105 Å². The Morgan fingerprint density at radius 2 is 1.80 bits per heavy atom. The highest BCUT2D eigenvalue weighted by atomic mass is 32.2. The van der Waals surface area contributed by atoms with Crippen molar-refractivity contribution >= 4 is 41.2 Å². The van der Waals surface area contributed by atoms with Crippen LogP contribution in [0.25, 0.3) is 0 Å². The van der Waals surface area contributed by atoms with Gasteiger partial charge >= 0.3 is 6.01 Å². The second-order valence-electron chi connectivity index (χ2n) is 6.54. The van der Waals surface area contributed by atoms with E-state index in [1.807, 2.05) is 30.3 Å². The van der Waals surface area contributed by atoms with Crippen molar-refractivity contribution in [3.63, 3.8) is 0 Å². The Balaban J connectivity index is 1.36. The fourth-order valence-corrected chi connectivity index (χ4v) is 3.86. The first-order chi connectivity index (χ1) is 14.6. The summed E-state index contributed by atoms with van der Waals surface area (Å²) in [6, 6.07) is 16.3. The molecular formula is C21H18N4O4S. The third kappa shape index (κ3) is 4.57. The smallest absolute Gasteiger partial charge is 0.322 e. The van der Waals surface area contributed by atoms with Crippen LogP contribution in [-0.2, 0) is 16.0 Å². The summed E-state index contributed by atoms with van der Waals surface area (Å²) < 4.78 is 5.49. The Morgan fingerprint density at radius 3 is 2.57 bits per heavy atom. The SMILES string of the molecule is O=C(Nc1nnc(CCSc2ccccc2)o1)c1cccc(N2C(=O)CCC2=O)c1. The van der Waals surface area contributed by atoms with Gasteiger partial charge in [0.1, 0.15) is 0 Å². The molecule has 0 unspecified atom stereocenters. The maximum Gasteiger partial charge on any atom is 0.322 e. The van der Waals surface area contributed by atoms with Gasteiger partial charge in [-0.25, -0.2) is 0 Å². The number of anilines is 2. The Labute approximate surface area is 176 Å². The number of nitrogens with one attached hydrogen (secondary N) is 1. The normalized spacial score (nSPS) is 13.7. The number of carbonyl (C=O) groups excluding carboxylic acids is 3. The van der Waals surface area contributed by atoms with E-state index in [9.17, 15) is 14.4 Å². The fraction of sp³-hybridized carbons (Fsp3) is 0.190. The predicted octanol–water partition coefficient (Wildman–Crippen LogP) is 3.31. The monoisotopic (exact) mass is 422 g/mol. The Bertz CT molecular complexity index is 1070. The predicted molar refractivity (Wildman–Crippen MR) is 111 cm³/mol. The van der Waals surface area contributed by atoms with E-state index in [0.29, 0.717) is 18.0 Å². The summed E-state index contributed by atoms with van der Waals surface area (Å²) in [6.45, 7) is 0. The molecule has 0 bridgehead atoms. The summed E-state index contributed by atoms with van der Waals surface area (Å²) >= 11 is 1.67. The van der Waals surface area contributed by atoms with Gasteiger partial charge in [0.25, 0.3) is 5.91 Å². The van der Waals surface area contributed by atoms with Gasteiger partial charge in [-0.2, -0.15) is 0 Å². The molecule has 0 radical (unpaired) electrons. The number of hydrogen-bond donors (Lipinski definition) is 1. The molecule has 0 saturated carbocycles. The average Bonchev–Trinajstić information content (AvgIpc) is 3.34. The summed E-state index contributed by atoms with van der Waals surface area (Å²) in [5, 5.41) is 10.4. The first-order valence-electron chi connectivity index (χ1n) is 9.37. The maximum absolute atomic E-state index is 12.5. The first-order valence-corrected chi connectivity index (χ1v) is 10.4. The molecule has 8 nitrogen and oxygen atoms in total. The quantitative estimate of drug-likeness (QED) is 0.460. The number of imide groups is 1. The van der Waals surface area contributed by atoms with Crippen LogP contribution in [0.4, 0.5) is 11.7 Å². The van der Waals surface area contributed by atoms with Crippen LogP contribution in [0.5, 0.6) is 0 Å². The number of rotatable bonds is 7. The van der Waals surface area contributed by atoms with Gasteiger partial charge in [0, 0.05) is 35.5 Å². The summed E-state index contributed by atoms with van der Waals surface area (Å²) in [5.41, 5.74) is 0.652. The molecule has 1 saturated heterocycles. The number of nitrogens with zero attached hydrogens (tertiary/aromatic N) is 3. The van der Waals surface area contributed by atoms with Crippen LogP contribution in [0.1, 0.15) is 29.1 Å². The Hall–Kier alpha value is -3.46. The highest BCUT2D eigenvalue weighted by Crippen LogP contribution is 2.24. The molecule has 30 heavy (non-hydrogen) atoms. The number of thioether (sulfide) groups is 1. The van der Waals surface area contributed by atoms with Gasteiger partial charge in [0.15, 0.2) is 0 Å². The minimum absolute atomic E-state index is 0.00144. The van der Waals surface area contributed by atoms with Gasteiger partial charge in [-0.1, -0.05) is 29.4 Å². The first kappa shape index (κ1) is 19.8. The second kappa shape index (κ2) is 8.91. The van der Waals surface area contributed by atoms with Crippen LogP contribution in [0.2, 0.25) is 0 Å². The molecule has 1 aliphatic rings. The van der Waals surface area contributed by atoms with Gasteiger partial charge in [0.2, 0.25) is 17.7 Å². The highest BCUT2D eigenvalue weighted by molar-refractivity contribution is 7.99. The third-order valence-corrected chi connectivity index (χ3v) is 5.45. The van der Waals surface area contributed by atoms with Crippen LogP contribution >= 0.6 is 11.8 Å². The van der Waals surface area contributed by atoms with E-state index in [0.717, 1.165) is 15.5 Å². The lowest BCUT2D eigenvalue weighted by Gasteiger charge is -2.14. The van der Waals surface area contributed by atoms with Crippen LogP contribution in [0, 0.1) is 0 Å². The maximum atomic E-state index is 12.5. The van der Waals surface area contributed by atoms with Crippen molar-refractivity contribution in [3.05, 3.63) is 66.1 Å². The molecular weight excluding hydrogens is 404 g/mol. The number of aryl methyl sites for hydroxylation is 1. The second-order valence-corrected chi connectivity index (χ2v) is 7.71. The summed E-state index contributed by atoms with van der Waals surface area (Å²) in [6.07, 6.45) is 0.933. The lowest BCUT2D eigenvalue weighted by atomic mass is 10.2. The lowest BCUT2D eigenvalue weighted by molar-refractivity contribution is -0.121. The highest BCUT2D eigenvalue weighted by Gasteiger charge is 2.30. The zero-order valence-corrected chi connectivity index (χ0v) is 16.7. The molecule has 2 aromatic carbocycles. The van der Waals surface area contributed by atoms with Gasteiger partial charge in [0.05, 0.1) is 5.69 Å². The van der Waals surface area contributed by atoms with Crippen molar-refractivity contribution in [2.24, 2.45) is 0 Å². The van der Waals surface area contributed by atoms with Gasteiger partial charge < -0.3 is 4.42 Å². The van der Waals surface area contributed by atoms with Crippen molar-refractivity contribution in [1.82, 2.24) is 10.2 Å². The zero-order chi connectivity index (χ0) is 20.9. The van der Waals surface area contributed by atoms with Crippen molar-refractivity contribution in [1.29, 1.82) is 0 Å². The molecule has 3 amide bonds. The molecule has 9 heteroatoms. The van der Waals surface area contributed by atoms with Gasteiger partial charge in [-0.3, -0.25) is 24.6 Å². The molecule has 0 atom stereocenters. The average molecular weight is 422 g/mol. The number of amides is 3. The third-order valence-electron chi connectivity index (χ3n) is 4.43. The van der Waals surface area contributed by atoms with Crippen LogP contribution in [-0.4, -0.2) is 33.7 Å². The van der Waals surface area contributed by atoms with Crippen molar-refractivity contribution in [2.45, 2.75) is 24.2 Å². The minimum atomic E-state index is -0.468. The van der Waals surface area contributed by atoms with E-state index in [4.69, 9.17) is 4.42 Å². The molecule has 3 aromatic rings. The Morgan fingerprint density at radius 1 is 1.03 bits per heavy atom.